The van der Waals surface area contributed by atoms with Crippen LogP contribution in [-0.4, -0.2) is 9.55 Å². The minimum atomic E-state index is -0.709. The maximum absolute atomic E-state index is 13.2. The zero-order valence-corrected chi connectivity index (χ0v) is 10.7. The molecule has 0 unspecified atom stereocenters. The third kappa shape index (κ3) is 2.10. The average Bonchev–Trinajstić information content (AvgIpc) is 2.77. The highest BCUT2D eigenvalue weighted by molar-refractivity contribution is 7.11. The first-order chi connectivity index (χ1) is 8.74. The van der Waals surface area contributed by atoms with Crippen molar-refractivity contribution in [2.24, 2.45) is 0 Å². The molecule has 3 rings (SSSR count). The van der Waals surface area contributed by atoms with Crippen molar-refractivity contribution in [3.63, 3.8) is 0 Å². The summed E-state index contributed by atoms with van der Waals surface area (Å²) in [5.74, 6) is -0.709. The second-order valence-electron chi connectivity index (χ2n) is 4.47. The molecular formula is C13H13FN2OS. The Hall–Kier alpha value is -1.49. The van der Waals surface area contributed by atoms with Crippen LogP contribution in [-0.2, 0) is 19.4 Å². The Morgan fingerprint density at radius 1 is 1.39 bits per heavy atom. The van der Waals surface area contributed by atoms with E-state index in [9.17, 15) is 9.18 Å². The first-order valence-electron chi connectivity index (χ1n) is 6.06. The van der Waals surface area contributed by atoms with Gasteiger partial charge in [-0.3, -0.25) is 4.79 Å². The van der Waals surface area contributed by atoms with Gasteiger partial charge in [-0.1, -0.05) is 0 Å². The van der Waals surface area contributed by atoms with Gasteiger partial charge in [0.15, 0.2) is 5.82 Å². The molecule has 0 spiro atoms. The van der Waals surface area contributed by atoms with Gasteiger partial charge < -0.3 is 4.57 Å². The quantitative estimate of drug-likeness (QED) is 0.834. The maximum atomic E-state index is 13.2. The van der Waals surface area contributed by atoms with Crippen LogP contribution in [0.5, 0.6) is 0 Å². The van der Waals surface area contributed by atoms with Crippen LogP contribution in [0.15, 0.2) is 23.1 Å². The van der Waals surface area contributed by atoms with Crippen molar-refractivity contribution in [2.45, 2.75) is 32.2 Å². The summed E-state index contributed by atoms with van der Waals surface area (Å²) in [5.41, 5.74) is 0.594. The van der Waals surface area contributed by atoms with Gasteiger partial charge in [-0.2, -0.15) is 0 Å². The van der Waals surface area contributed by atoms with Crippen molar-refractivity contribution >= 4 is 11.3 Å². The molecular weight excluding hydrogens is 251 g/mol. The molecule has 0 N–H and O–H groups in total. The lowest BCUT2D eigenvalue weighted by Gasteiger charge is -2.06. The van der Waals surface area contributed by atoms with Crippen LogP contribution in [0, 0.1) is 5.82 Å². The number of halogens is 1. The molecule has 18 heavy (non-hydrogen) atoms. The van der Waals surface area contributed by atoms with Crippen molar-refractivity contribution in [3.05, 3.63) is 50.1 Å². The Morgan fingerprint density at radius 3 is 3.06 bits per heavy atom. The lowest BCUT2D eigenvalue weighted by molar-refractivity contribution is 0.580. The van der Waals surface area contributed by atoms with Gasteiger partial charge in [0, 0.05) is 11.1 Å². The number of hydrogen-bond acceptors (Lipinski definition) is 3. The number of aromatic nitrogens is 2. The zero-order valence-electron chi connectivity index (χ0n) is 9.86. The van der Waals surface area contributed by atoms with Crippen LogP contribution in [0.25, 0.3) is 0 Å². The van der Waals surface area contributed by atoms with Gasteiger partial charge in [0.25, 0.3) is 5.56 Å². The molecule has 3 nitrogen and oxygen atoms in total. The number of pyridine rings is 1. The number of nitrogens with zero attached hydrogens (tertiary/aromatic N) is 2. The SMILES string of the molecule is O=c1c(F)cccn1Cc1nc2c(s1)CCCC2. The first kappa shape index (κ1) is 11.6. The summed E-state index contributed by atoms with van der Waals surface area (Å²) >= 11 is 1.65. The van der Waals surface area contributed by atoms with E-state index in [1.165, 1.54) is 34.0 Å². The maximum Gasteiger partial charge on any atom is 0.286 e. The van der Waals surface area contributed by atoms with E-state index in [-0.39, 0.29) is 0 Å². The van der Waals surface area contributed by atoms with Gasteiger partial charge in [-0.05, 0) is 37.8 Å². The molecule has 94 valence electrons. The molecule has 2 heterocycles. The predicted molar refractivity (Wildman–Crippen MR) is 68.5 cm³/mol. The smallest absolute Gasteiger partial charge is 0.286 e. The predicted octanol–water partition coefficient (Wildman–Crippen LogP) is 2.37. The van der Waals surface area contributed by atoms with Crippen LogP contribution in [0.1, 0.15) is 28.4 Å². The molecule has 0 saturated carbocycles. The summed E-state index contributed by atoms with van der Waals surface area (Å²) < 4.78 is 14.5. The van der Waals surface area contributed by atoms with E-state index < -0.39 is 11.4 Å². The highest BCUT2D eigenvalue weighted by Crippen LogP contribution is 2.26. The third-order valence-electron chi connectivity index (χ3n) is 3.17. The fourth-order valence-corrected chi connectivity index (χ4v) is 3.41. The number of rotatable bonds is 2. The highest BCUT2D eigenvalue weighted by Gasteiger charge is 2.15. The van der Waals surface area contributed by atoms with Gasteiger partial charge in [0.2, 0.25) is 0 Å². The van der Waals surface area contributed by atoms with E-state index in [4.69, 9.17) is 0 Å². The van der Waals surface area contributed by atoms with Gasteiger partial charge >= 0.3 is 0 Å². The second kappa shape index (κ2) is 4.65. The van der Waals surface area contributed by atoms with Gasteiger partial charge in [-0.15, -0.1) is 11.3 Å². The van der Waals surface area contributed by atoms with Gasteiger partial charge in [0.1, 0.15) is 5.01 Å². The Balaban J connectivity index is 1.90. The molecule has 0 radical (unpaired) electrons. The third-order valence-corrected chi connectivity index (χ3v) is 4.31. The molecule has 0 aliphatic heterocycles. The summed E-state index contributed by atoms with van der Waals surface area (Å²) in [6.45, 7) is 0.369. The Kier molecular flexibility index (Phi) is 2.99. The van der Waals surface area contributed by atoms with E-state index in [0.717, 1.165) is 17.8 Å². The zero-order chi connectivity index (χ0) is 12.5. The van der Waals surface area contributed by atoms with Crippen molar-refractivity contribution in [3.8, 4) is 0 Å². The van der Waals surface area contributed by atoms with E-state index in [1.807, 2.05) is 0 Å². The molecule has 5 heteroatoms. The van der Waals surface area contributed by atoms with Crippen LogP contribution >= 0.6 is 11.3 Å². The summed E-state index contributed by atoms with van der Waals surface area (Å²) in [6.07, 6.45) is 6.13. The fraction of sp³-hybridized carbons (Fsp3) is 0.385. The van der Waals surface area contributed by atoms with Crippen molar-refractivity contribution in [1.29, 1.82) is 0 Å². The molecule has 0 atom stereocenters. The monoisotopic (exact) mass is 264 g/mol. The topological polar surface area (TPSA) is 34.9 Å². The molecule has 0 fully saturated rings. The standard InChI is InChI=1S/C13H13FN2OS/c14-9-4-3-7-16(13(9)17)8-12-15-10-5-1-2-6-11(10)18-12/h3-4,7H,1-2,5-6,8H2. The average molecular weight is 264 g/mol. The van der Waals surface area contributed by atoms with E-state index in [0.29, 0.717) is 6.54 Å². The van der Waals surface area contributed by atoms with E-state index >= 15 is 0 Å². The number of hydrogen-bond donors (Lipinski definition) is 0. The van der Waals surface area contributed by atoms with Crippen LogP contribution in [0.3, 0.4) is 0 Å². The summed E-state index contributed by atoms with van der Waals surface area (Å²) in [4.78, 5) is 17.5. The largest absolute Gasteiger partial charge is 0.306 e. The molecule has 0 saturated heterocycles. The van der Waals surface area contributed by atoms with Crippen LogP contribution in [0.2, 0.25) is 0 Å². The number of fused-ring (bicyclic) bond motifs is 1. The highest BCUT2D eigenvalue weighted by atomic mass is 32.1. The summed E-state index contributed by atoms with van der Waals surface area (Å²) in [7, 11) is 0. The number of thiazole rings is 1. The molecule has 2 aromatic rings. The minimum absolute atomic E-state index is 0.369. The lowest BCUT2D eigenvalue weighted by Crippen LogP contribution is -2.22. The molecule has 0 aromatic carbocycles. The van der Waals surface area contributed by atoms with Gasteiger partial charge in [-0.25, -0.2) is 9.37 Å². The Morgan fingerprint density at radius 2 is 2.22 bits per heavy atom. The lowest BCUT2D eigenvalue weighted by atomic mass is 10.0. The molecule has 1 aliphatic rings. The van der Waals surface area contributed by atoms with Crippen molar-refractivity contribution in [1.82, 2.24) is 9.55 Å². The minimum Gasteiger partial charge on any atom is -0.306 e. The van der Waals surface area contributed by atoms with Crippen molar-refractivity contribution in [2.75, 3.05) is 0 Å². The normalized spacial score (nSPS) is 14.5. The Bertz CT molecular complexity index is 609. The molecule has 2 aromatic heterocycles. The van der Waals surface area contributed by atoms with Crippen molar-refractivity contribution < 1.29 is 4.39 Å². The summed E-state index contributed by atoms with van der Waals surface area (Å²) in [6, 6.07) is 2.73. The van der Waals surface area contributed by atoms with Crippen LogP contribution in [0.4, 0.5) is 4.39 Å². The first-order valence-corrected chi connectivity index (χ1v) is 6.88. The van der Waals surface area contributed by atoms with Gasteiger partial charge in [0.05, 0.1) is 12.2 Å². The van der Waals surface area contributed by atoms with Crippen LogP contribution < -0.4 is 5.56 Å². The Labute approximate surface area is 108 Å². The summed E-state index contributed by atoms with van der Waals surface area (Å²) in [5, 5.41) is 0.898. The fourth-order valence-electron chi connectivity index (χ4n) is 2.25. The molecule has 0 amide bonds. The van der Waals surface area contributed by atoms with E-state index in [2.05, 4.69) is 4.98 Å². The molecule has 0 bridgehead atoms. The van der Waals surface area contributed by atoms with E-state index in [1.54, 1.807) is 23.6 Å². The molecule has 1 aliphatic carbocycles. The second-order valence-corrected chi connectivity index (χ2v) is 5.64. The number of aryl methyl sites for hydroxylation is 2.